The summed E-state index contributed by atoms with van der Waals surface area (Å²) < 4.78 is 66.6. The number of methoxy groups -OCH3 is 3. The highest BCUT2D eigenvalue weighted by molar-refractivity contribution is 6.39. The van der Waals surface area contributed by atoms with Gasteiger partial charge in [-0.2, -0.15) is 10.1 Å². The van der Waals surface area contributed by atoms with Crippen molar-refractivity contribution in [3.8, 4) is 11.3 Å². The zero-order chi connectivity index (χ0) is 87.4. The molecule has 122 heavy (non-hydrogen) atoms. The first kappa shape index (κ1) is 95.4. The number of Topliss-reactive ketones (excluding diaryl/α,β-unsaturated/α-hetero) is 2. The van der Waals surface area contributed by atoms with E-state index in [9.17, 15) is 44.1 Å². The van der Waals surface area contributed by atoms with Crippen molar-refractivity contribution < 1.29 is 95.9 Å². The number of piperazine rings is 1. The minimum atomic E-state index is -2.49. The number of nitrogens with one attached hydrogen (secondary N) is 2. The summed E-state index contributed by atoms with van der Waals surface area (Å²) in [7, 11) is 4.61. The smallest absolute Gasteiger partial charge is 0.407 e. The number of ether oxygens (including phenoxy) is 10. The van der Waals surface area contributed by atoms with Crippen LogP contribution in [0, 0.1) is 29.6 Å². The molecule has 35 nitrogen and oxygen atoms in total. The predicted molar refractivity (Wildman–Crippen MR) is 454 cm³/mol. The van der Waals surface area contributed by atoms with Crippen LogP contribution in [0.15, 0.2) is 88.9 Å². The molecule has 5 aliphatic rings. The van der Waals surface area contributed by atoms with E-state index in [4.69, 9.17) is 74.1 Å². The van der Waals surface area contributed by atoms with Crippen molar-refractivity contribution >= 4 is 75.4 Å². The number of anilines is 3. The average Bonchev–Trinajstić information content (AvgIpc) is 1.48. The molecule has 11 N–H and O–H groups in total. The Morgan fingerprint density at radius 2 is 1.45 bits per heavy atom. The Morgan fingerprint density at radius 3 is 2.17 bits per heavy atom. The zero-order valence-corrected chi connectivity index (χ0v) is 72.2. The third kappa shape index (κ3) is 26.9. The van der Waals surface area contributed by atoms with Crippen LogP contribution in [0.4, 0.5) is 22.6 Å². The highest BCUT2D eigenvalue weighted by Gasteiger charge is 2.53. The Labute approximate surface area is 713 Å². The molecule has 2 bridgehead atoms. The van der Waals surface area contributed by atoms with Gasteiger partial charge in [0.2, 0.25) is 17.6 Å². The maximum atomic E-state index is 14.9. The molecule has 5 aromatic rings. The van der Waals surface area contributed by atoms with Gasteiger partial charge in [-0.1, -0.05) is 64.2 Å². The number of carbonyl (C=O) groups excluding carboxylic acids is 6. The van der Waals surface area contributed by atoms with E-state index in [1.54, 1.807) is 64.2 Å². The number of unbranched alkanes of at least 4 members (excludes halogenated alkanes) is 1. The summed E-state index contributed by atoms with van der Waals surface area (Å²) in [6.07, 6.45) is 14.3. The molecule has 1 aliphatic carbocycles. The number of hydrogen-bond donors (Lipinski definition) is 8. The van der Waals surface area contributed by atoms with E-state index in [-0.39, 0.29) is 69.1 Å². The number of fused-ring (bicyclic) bond motifs is 5. The summed E-state index contributed by atoms with van der Waals surface area (Å²) in [6.45, 7) is 19.0. The fourth-order valence-electron chi connectivity index (χ4n) is 16.7. The van der Waals surface area contributed by atoms with Gasteiger partial charge in [-0.05, 0) is 132 Å². The van der Waals surface area contributed by atoms with Gasteiger partial charge in [-0.15, -0.1) is 0 Å². The molecule has 3 saturated heterocycles. The molecule has 10 rings (SSSR count). The average molecular weight is 1710 g/mol. The molecular weight excluding hydrogens is 1580 g/mol. The first-order chi connectivity index (χ1) is 58.7. The number of aromatic nitrogens is 7. The first-order valence-electron chi connectivity index (χ1n) is 43.1. The second kappa shape index (κ2) is 47.3. The molecule has 4 aliphatic heterocycles. The van der Waals surface area contributed by atoms with Gasteiger partial charge >= 0.3 is 12.1 Å². The van der Waals surface area contributed by atoms with Crippen molar-refractivity contribution in [2.75, 3.05) is 136 Å². The van der Waals surface area contributed by atoms with E-state index in [0.29, 0.717) is 168 Å². The molecule has 672 valence electrons. The van der Waals surface area contributed by atoms with Crippen LogP contribution in [-0.2, 0) is 84.4 Å². The van der Waals surface area contributed by atoms with Gasteiger partial charge in [0.1, 0.15) is 53.8 Å². The molecule has 16 atom stereocenters. The Hall–Kier alpha value is -8.82. The Bertz CT molecular complexity index is 4330. The number of hydrogen-bond acceptors (Lipinski definition) is 31. The zero-order valence-electron chi connectivity index (χ0n) is 72.2. The van der Waals surface area contributed by atoms with Gasteiger partial charge in [0, 0.05) is 147 Å². The van der Waals surface area contributed by atoms with E-state index < -0.39 is 114 Å². The maximum absolute atomic E-state index is 14.9. The number of amides is 3. The van der Waals surface area contributed by atoms with Crippen LogP contribution in [0.3, 0.4) is 0 Å². The summed E-state index contributed by atoms with van der Waals surface area (Å²) >= 11 is 0. The van der Waals surface area contributed by atoms with Gasteiger partial charge < -0.3 is 105 Å². The lowest BCUT2D eigenvalue weighted by Gasteiger charge is -2.43. The summed E-state index contributed by atoms with van der Waals surface area (Å²) in [6, 6.07) is 3.53. The highest BCUT2D eigenvalue weighted by atomic mass is 16.6. The van der Waals surface area contributed by atoms with Crippen molar-refractivity contribution in [3.05, 3.63) is 90.1 Å². The highest BCUT2D eigenvalue weighted by Crippen LogP contribution is 2.39. The summed E-state index contributed by atoms with van der Waals surface area (Å²) in [4.78, 5) is 111. The number of piperidine rings is 1. The van der Waals surface area contributed by atoms with E-state index >= 15 is 0 Å². The monoisotopic (exact) mass is 1700 g/mol. The second-order valence-corrected chi connectivity index (χ2v) is 32.9. The van der Waals surface area contributed by atoms with Crippen LogP contribution in [0.1, 0.15) is 143 Å². The fourth-order valence-corrected chi connectivity index (χ4v) is 16.7. The summed E-state index contributed by atoms with van der Waals surface area (Å²) in [5.74, 6) is -7.19. The van der Waals surface area contributed by atoms with Crippen molar-refractivity contribution in [1.29, 1.82) is 0 Å². The number of allylic oxidation sites excluding steroid dienone is 5. The van der Waals surface area contributed by atoms with Gasteiger partial charge in [-0.25, -0.2) is 34.2 Å². The predicted octanol–water partition coefficient (Wildman–Crippen LogP) is 6.68. The minimum Gasteiger partial charge on any atom is -0.459 e. The van der Waals surface area contributed by atoms with E-state index in [2.05, 4.69) is 45.4 Å². The van der Waals surface area contributed by atoms with Gasteiger partial charge in [-0.3, -0.25) is 24.1 Å². The quantitative estimate of drug-likeness (QED) is 0.00993. The Balaban J connectivity index is 0.610. The molecule has 35 heteroatoms. The Morgan fingerprint density at radius 1 is 0.730 bits per heavy atom. The number of nitrogen functional groups attached to an aromatic ring is 2. The lowest BCUT2D eigenvalue weighted by Crippen LogP contribution is -2.61. The van der Waals surface area contributed by atoms with E-state index in [1.807, 2.05) is 63.3 Å². The number of carbonyl (C=O) groups is 6. The van der Waals surface area contributed by atoms with E-state index in [1.165, 1.54) is 18.3 Å². The lowest BCUT2D eigenvalue weighted by atomic mass is 9.80. The second-order valence-electron chi connectivity index (χ2n) is 32.9. The van der Waals surface area contributed by atoms with Gasteiger partial charge in [0.15, 0.2) is 17.0 Å². The normalized spacial score (nSPS) is 27.8. The van der Waals surface area contributed by atoms with Crippen molar-refractivity contribution in [2.24, 2.45) is 35.3 Å². The fraction of sp³-hybridized carbons (Fsp3) is 0.655. The molecular formula is C87H129N15O20. The molecule has 3 amide bonds. The van der Waals surface area contributed by atoms with Crippen LogP contribution in [-0.4, -0.2) is 282 Å². The number of aryl methyl sites for hydroxylation is 1. The number of aliphatic hydroxyl groups is 3. The number of benzene rings is 1. The lowest BCUT2D eigenvalue weighted by molar-refractivity contribution is -0.265. The number of alkyl carbamates (subject to hydrolysis) is 1. The molecule has 0 radical (unpaired) electrons. The largest absolute Gasteiger partial charge is 0.459 e. The van der Waals surface area contributed by atoms with Crippen molar-refractivity contribution in [1.82, 2.24) is 55.1 Å². The molecule has 4 aromatic heterocycles. The topological polar surface area (TPSA) is 463 Å². The third-order valence-corrected chi connectivity index (χ3v) is 24.0. The SMILES string of the molecule is CO[C@H]1C[C@@H]2CC[C@@H](C)[C@@](O)(O2)C(=O)C(=O)N2CCCC[C@H]2C(=O)O[C@H]([C@H](N)C[C@@H]2CC[C@@H](OC(=O)NCc3cnc(N4CCN(CCOCCOCCOCCOCCC(=O)NCCCCn5nc(-c6ccc7oc(N)nc7c6)c6c(N)ncnc65)CC4)nc3)[C@H](OC)C2)C[C@@H](OC)[C@H](C)/C=C(\C)[C@@H](O)[C@@H](O)C(=O)[C@H](C)C[C@H](C)/C=C/C=CC=C1C. The maximum Gasteiger partial charge on any atom is 0.407 e. The van der Waals surface area contributed by atoms with Crippen LogP contribution >= 0.6 is 0 Å². The first-order valence-corrected chi connectivity index (χ1v) is 43.1. The van der Waals surface area contributed by atoms with Crippen LogP contribution in [0.5, 0.6) is 0 Å². The molecule has 0 unspecified atom stereocenters. The van der Waals surface area contributed by atoms with Crippen LogP contribution < -0.4 is 32.7 Å². The molecule has 8 heterocycles. The summed E-state index contributed by atoms with van der Waals surface area (Å²) in [5.41, 5.74) is 24.3. The minimum absolute atomic E-state index is 0.0350. The van der Waals surface area contributed by atoms with Gasteiger partial charge in [0.05, 0.1) is 82.7 Å². The van der Waals surface area contributed by atoms with Crippen molar-refractivity contribution in [3.63, 3.8) is 0 Å². The molecule has 0 spiro atoms. The van der Waals surface area contributed by atoms with Crippen LogP contribution in [0.2, 0.25) is 0 Å². The number of aliphatic hydroxyl groups excluding tert-OH is 2. The number of esters is 1. The van der Waals surface area contributed by atoms with Gasteiger partial charge in [0.25, 0.3) is 17.7 Å². The Kier molecular flexibility index (Phi) is 37.0. The van der Waals surface area contributed by atoms with Crippen molar-refractivity contribution in [2.45, 2.75) is 218 Å². The molecule has 1 aromatic carbocycles. The number of cyclic esters (lactones) is 1. The number of oxazole rings is 1. The standard InChI is InChI=1S/C87H129N15O20/c1-54-17-11-10-12-18-55(2)69(112-7)48-63-23-20-59(6)87(111,122-63)79(107)82(108)101-28-15-13-19-66(101)83(109)119-71(49-70(113-8)56(3)44-58(5)77(105)78(106)76(104)57(4)43-54)64(88)45-60-21-24-68(72(46-60)114-9)121-86(110)94-52-61-50-92-85(93-51-61)100-32-30-99(31-33-100)34-36-116-38-40-118-42-41-117-39-37-115-35-26-73(103)91-27-14-16-29-102-81-74(80(89)95-53-96-81)75(98-102)62-22-25-67-65(47-62)97-84(90)120-67/h10-12,17-18,22,25,44,47,50-51,53-54,56-57,59-60,63-64,66,68-72,77-78,105-106,111H,13-16,19-21,23-24,26-43,45-46,48-49,52,88H2,1-9H3,(H2,90,97)(H,91,103)(H,94,110)(H2,89,95,96)/b12-10?,17-11+,55-18?,58-44+/t54-,56-,57-,59-,60+,63+,64-,66+,68-,69+,70-,71+,72-,77-,78+,87-/m1/s1. The number of rotatable bonds is 31. The number of nitrogens with two attached hydrogens (primary N) is 3. The van der Waals surface area contributed by atoms with Crippen LogP contribution in [0.25, 0.3) is 33.4 Å². The third-order valence-electron chi connectivity index (χ3n) is 24.0. The van der Waals surface area contributed by atoms with E-state index in [0.717, 1.165) is 56.7 Å². The number of ketones is 2. The molecule has 4 fully saturated rings. The summed E-state index contributed by atoms with van der Waals surface area (Å²) in [5, 5.41) is 46.2. The molecule has 1 saturated carbocycles. The number of nitrogens with zero attached hydrogens (tertiary/aromatic N) is 10.